The number of carbonyl (C=O) groups excluding carboxylic acids is 1. The molecule has 1 unspecified atom stereocenters. The van der Waals surface area contributed by atoms with Crippen LogP contribution in [0, 0.1) is 0 Å². The van der Waals surface area contributed by atoms with Crippen LogP contribution >= 0.6 is 0 Å². The molecule has 2 aromatic carbocycles. The molecule has 0 bridgehead atoms. The molecule has 0 radical (unpaired) electrons. The Morgan fingerprint density at radius 3 is 2.77 bits per heavy atom. The number of ether oxygens (including phenoxy) is 3. The van der Waals surface area contributed by atoms with E-state index in [4.69, 9.17) is 14.2 Å². The van der Waals surface area contributed by atoms with E-state index in [1.165, 1.54) is 5.56 Å². The third-order valence-corrected chi connectivity index (χ3v) is 4.23. The highest BCUT2D eigenvalue weighted by molar-refractivity contribution is 5.83. The Labute approximate surface area is 152 Å². The number of amides is 1. The minimum atomic E-state index is -0.326. The van der Waals surface area contributed by atoms with Gasteiger partial charge in [0, 0.05) is 0 Å². The average Bonchev–Trinajstić information content (AvgIpc) is 3.14. The lowest BCUT2D eigenvalue weighted by atomic mass is 9.99. The van der Waals surface area contributed by atoms with Crippen molar-refractivity contribution in [2.24, 2.45) is 5.10 Å². The molecular formula is C20H22N2O4. The maximum Gasteiger partial charge on any atom is 0.277 e. The van der Waals surface area contributed by atoms with Gasteiger partial charge in [0.1, 0.15) is 5.75 Å². The van der Waals surface area contributed by atoms with Crippen LogP contribution in [0.15, 0.2) is 47.6 Å². The highest BCUT2D eigenvalue weighted by Crippen LogP contribution is 2.31. The van der Waals surface area contributed by atoms with E-state index in [1.54, 1.807) is 18.3 Å². The summed E-state index contributed by atoms with van der Waals surface area (Å²) in [5.74, 6) is 2.22. The number of rotatable bonds is 7. The van der Waals surface area contributed by atoms with Crippen molar-refractivity contribution in [3.05, 3.63) is 53.6 Å². The lowest BCUT2D eigenvalue weighted by Gasteiger charge is -2.10. The first-order valence-electron chi connectivity index (χ1n) is 8.60. The van der Waals surface area contributed by atoms with Crippen molar-refractivity contribution in [1.29, 1.82) is 0 Å². The quantitative estimate of drug-likeness (QED) is 0.611. The second-order valence-corrected chi connectivity index (χ2v) is 6.07. The zero-order valence-corrected chi connectivity index (χ0v) is 14.9. The fraction of sp³-hybridized carbons (Fsp3) is 0.300. The molecule has 136 valence electrons. The molecule has 1 aliphatic heterocycles. The van der Waals surface area contributed by atoms with Gasteiger partial charge in [-0.05, 0) is 53.8 Å². The molecule has 2 aromatic rings. The van der Waals surface area contributed by atoms with Crippen LogP contribution in [-0.2, 0) is 4.79 Å². The molecule has 0 aromatic heterocycles. The van der Waals surface area contributed by atoms with Crippen molar-refractivity contribution in [1.82, 2.24) is 5.43 Å². The van der Waals surface area contributed by atoms with E-state index in [2.05, 4.69) is 24.4 Å². The molecule has 6 nitrogen and oxygen atoms in total. The van der Waals surface area contributed by atoms with Crippen LogP contribution in [0.25, 0.3) is 0 Å². The number of nitrogens with one attached hydrogen (secondary N) is 1. The van der Waals surface area contributed by atoms with Crippen LogP contribution in [0.2, 0.25) is 0 Å². The summed E-state index contributed by atoms with van der Waals surface area (Å²) in [5, 5.41) is 3.93. The third-order valence-electron chi connectivity index (χ3n) is 4.23. The van der Waals surface area contributed by atoms with Crippen LogP contribution in [0.4, 0.5) is 0 Å². The van der Waals surface area contributed by atoms with Crippen molar-refractivity contribution < 1.29 is 19.0 Å². The maximum absolute atomic E-state index is 11.8. The molecular weight excluding hydrogens is 332 g/mol. The Kier molecular flexibility index (Phi) is 5.73. The van der Waals surface area contributed by atoms with Crippen LogP contribution in [0.5, 0.6) is 17.2 Å². The molecule has 0 spiro atoms. The number of fused-ring (bicyclic) bond motifs is 1. The molecule has 1 atom stereocenters. The van der Waals surface area contributed by atoms with Crippen LogP contribution in [0.3, 0.4) is 0 Å². The number of benzene rings is 2. The number of nitrogens with zero attached hydrogens (tertiary/aromatic N) is 1. The third kappa shape index (κ3) is 4.53. The summed E-state index contributed by atoms with van der Waals surface area (Å²) in [6.45, 7) is 4.47. The number of hydrazone groups is 1. The van der Waals surface area contributed by atoms with Crippen molar-refractivity contribution in [3.8, 4) is 17.2 Å². The van der Waals surface area contributed by atoms with E-state index in [0.717, 1.165) is 12.0 Å². The Morgan fingerprint density at radius 2 is 2.00 bits per heavy atom. The first-order chi connectivity index (χ1) is 12.7. The molecule has 1 heterocycles. The van der Waals surface area contributed by atoms with Crippen molar-refractivity contribution in [2.45, 2.75) is 26.2 Å². The van der Waals surface area contributed by atoms with Gasteiger partial charge in [-0.1, -0.05) is 26.0 Å². The number of hydrogen-bond acceptors (Lipinski definition) is 5. The molecule has 1 amide bonds. The van der Waals surface area contributed by atoms with Crippen LogP contribution in [-0.4, -0.2) is 25.5 Å². The maximum atomic E-state index is 11.8. The predicted octanol–water partition coefficient (Wildman–Crippen LogP) is 3.46. The Morgan fingerprint density at radius 1 is 1.23 bits per heavy atom. The highest BCUT2D eigenvalue weighted by atomic mass is 16.7. The van der Waals surface area contributed by atoms with Gasteiger partial charge in [-0.3, -0.25) is 4.79 Å². The van der Waals surface area contributed by atoms with Crippen LogP contribution < -0.4 is 19.6 Å². The van der Waals surface area contributed by atoms with Gasteiger partial charge >= 0.3 is 0 Å². The van der Waals surface area contributed by atoms with Gasteiger partial charge in [-0.2, -0.15) is 5.10 Å². The Balaban J connectivity index is 1.45. The summed E-state index contributed by atoms with van der Waals surface area (Å²) in [6, 6.07) is 13.2. The Bertz CT molecular complexity index is 787. The highest BCUT2D eigenvalue weighted by Gasteiger charge is 2.12. The largest absolute Gasteiger partial charge is 0.484 e. The van der Waals surface area contributed by atoms with Gasteiger partial charge < -0.3 is 14.2 Å². The first-order valence-corrected chi connectivity index (χ1v) is 8.60. The van der Waals surface area contributed by atoms with Gasteiger partial charge in [-0.25, -0.2) is 5.43 Å². The molecule has 0 fully saturated rings. The molecule has 0 saturated heterocycles. The van der Waals surface area contributed by atoms with Gasteiger partial charge in [0.2, 0.25) is 6.79 Å². The van der Waals surface area contributed by atoms with E-state index in [9.17, 15) is 4.79 Å². The second-order valence-electron chi connectivity index (χ2n) is 6.07. The number of hydrogen-bond donors (Lipinski definition) is 1. The first kappa shape index (κ1) is 17.8. The predicted molar refractivity (Wildman–Crippen MR) is 98.9 cm³/mol. The minimum Gasteiger partial charge on any atom is -0.484 e. The smallest absolute Gasteiger partial charge is 0.277 e. The molecule has 1 aliphatic rings. The van der Waals surface area contributed by atoms with Crippen molar-refractivity contribution >= 4 is 12.1 Å². The summed E-state index contributed by atoms with van der Waals surface area (Å²) in [6.07, 6.45) is 2.63. The van der Waals surface area contributed by atoms with Gasteiger partial charge in [0.05, 0.1) is 6.21 Å². The van der Waals surface area contributed by atoms with E-state index >= 15 is 0 Å². The van der Waals surface area contributed by atoms with Gasteiger partial charge in [0.25, 0.3) is 5.91 Å². The van der Waals surface area contributed by atoms with E-state index < -0.39 is 0 Å². The standard InChI is InChI=1S/C20H22N2O4/c1-3-14(2)16-5-7-17(8-6-16)24-12-20(23)22-21-11-15-4-9-18-19(10-15)26-13-25-18/h4-11,14H,3,12-13H2,1-2H3,(H,22,23)/b21-11+. The summed E-state index contributed by atoms with van der Waals surface area (Å²) < 4.78 is 16.0. The van der Waals surface area contributed by atoms with Crippen molar-refractivity contribution in [2.75, 3.05) is 13.4 Å². The molecule has 6 heteroatoms. The fourth-order valence-corrected chi connectivity index (χ4v) is 2.48. The van der Waals surface area contributed by atoms with Crippen LogP contribution in [0.1, 0.15) is 37.3 Å². The normalized spacial score (nSPS) is 13.6. The van der Waals surface area contributed by atoms with Gasteiger partial charge in [-0.15, -0.1) is 0 Å². The summed E-state index contributed by atoms with van der Waals surface area (Å²) in [4.78, 5) is 11.8. The monoisotopic (exact) mass is 354 g/mol. The molecule has 26 heavy (non-hydrogen) atoms. The van der Waals surface area contributed by atoms with E-state index in [0.29, 0.717) is 23.2 Å². The average molecular weight is 354 g/mol. The SMILES string of the molecule is CCC(C)c1ccc(OCC(=O)N/N=C/c2ccc3c(c2)OCO3)cc1. The van der Waals surface area contributed by atoms with Gasteiger partial charge in [0.15, 0.2) is 18.1 Å². The minimum absolute atomic E-state index is 0.0961. The fourth-order valence-electron chi connectivity index (χ4n) is 2.48. The number of carbonyl (C=O) groups is 1. The molecule has 3 rings (SSSR count). The molecule has 0 aliphatic carbocycles. The summed E-state index contributed by atoms with van der Waals surface area (Å²) in [5.41, 5.74) is 4.50. The topological polar surface area (TPSA) is 69.2 Å². The lowest BCUT2D eigenvalue weighted by molar-refractivity contribution is -0.123. The molecule has 1 N–H and O–H groups in total. The zero-order chi connectivity index (χ0) is 18.4. The van der Waals surface area contributed by atoms with Crippen molar-refractivity contribution in [3.63, 3.8) is 0 Å². The summed E-state index contributed by atoms with van der Waals surface area (Å²) >= 11 is 0. The Hall–Kier alpha value is -3.02. The summed E-state index contributed by atoms with van der Waals surface area (Å²) in [7, 11) is 0. The van der Waals surface area contributed by atoms with E-state index in [1.807, 2.05) is 30.3 Å². The zero-order valence-electron chi connectivity index (χ0n) is 14.9. The lowest BCUT2D eigenvalue weighted by Crippen LogP contribution is -2.24. The second kappa shape index (κ2) is 8.38. The van der Waals surface area contributed by atoms with E-state index in [-0.39, 0.29) is 19.3 Å². The molecule has 0 saturated carbocycles.